The highest BCUT2D eigenvalue weighted by molar-refractivity contribution is 7.99. The van der Waals surface area contributed by atoms with Gasteiger partial charge in [-0.1, -0.05) is 6.92 Å². The minimum Gasteiger partial charge on any atom is -0.370 e. The summed E-state index contributed by atoms with van der Waals surface area (Å²) in [6.07, 6.45) is 3.57. The van der Waals surface area contributed by atoms with E-state index in [-0.39, 0.29) is 0 Å². The molecule has 0 aromatic carbocycles. The third kappa shape index (κ3) is 3.87. The third-order valence-corrected chi connectivity index (χ3v) is 4.18. The van der Waals surface area contributed by atoms with Crippen molar-refractivity contribution in [3.05, 3.63) is 17.6 Å². The number of thioether (sulfide) groups is 1. The Labute approximate surface area is 108 Å². The Morgan fingerprint density at radius 2 is 2.12 bits per heavy atom. The van der Waals surface area contributed by atoms with Gasteiger partial charge in [-0.05, 0) is 37.2 Å². The maximum absolute atomic E-state index is 4.51. The van der Waals surface area contributed by atoms with Gasteiger partial charge in [0.25, 0.3) is 0 Å². The Morgan fingerprint density at radius 3 is 2.82 bits per heavy atom. The summed E-state index contributed by atoms with van der Waals surface area (Å²) in [4.78, 5) is 8.90. The molecule has 1 aliphatic rings. The summed E-state index contributed by atoms with van der Waals surface area (Å²) >= 11 is 2.08. The van der Waals surface area contributed by atoms with Crippen LogP contribution in [0.5, 0.6) is 0 Å². The van der Waals surface area contributed by atoms with Crippen LogP contribution in [0.15, 0.2) is 6.07 Å². The molecule has 4 heteroatoms. The van der Waals surface area contributed by atoms with Crippen molar-refractivity contribution in [1.82, 2.24) is 9.97 Å². The molecule has 1 saturated heterocycles. The summed E-state index contributed by atoms with van der Waals surface area (Å²) in [6.45, 7) is 5.18. The fraction of sp³-hybridized carbons (Fsp3) is 0.692. The second-order valence-electron chi connectivity index (χ2n) is 4.60. The Bertz CT molecular complexity index is 362. The van der Waals surface area contributed by atoms with Gasteiger partial charge in [-0.25, -0.2) is 9.97 Å². The van der Waals surface area contributed by atoms with E-state index in [4.69, 9.17) is 0 Å². The van der Waals surface area contributed by atoms with Crippen LogP contribution in [0.3, 0.4) is 0 Å². The first-order valence-electron chi connectivity index (χ1n) is 6.44. The summed E-state index contributed by atoms with van der Waals surface area (Å²) in [7, 11) is 0. The van der Waals surface area contributed by atoms with Crippen molar-refractivity contribution in [2.75, 3.05) is 23.4 Å². The second-order valence-corrected chi connectivity index (χ2v) is 5.83. The van der Waals surface area contributed by atoms with Gasteiger partial charge in [-0.3, -0.25) is 0 Å². The van der Waals surface area contributed by atoms with Crippen molar-refractivity contribution in [2.24, 2.45) is 5.92 Å². The van der Waals surface area contributed by atoms with Crippen molar-refractivity contribution in [2.45, 2.75) is 33.1 Å². The van der Waals surface area contributed by atoms with Crippen molar-refractivity contribution in [1.29, 1.82) is 0 Å². The zero-order valence-electron chi connectivity index (χ0n) is 10.7. The SMILES string of the molecule is CCc1nc(C)cc(NCC2CCSCC2)n1. The van der Waals surface area contributed by atoms with E-state index in [0.29, 0.717) is 0 Å². The highest BCUT2D eigenvalue weighted by Crippen LogP contribution is 2.22. The number of hydrogen-bond acceptors (Lipinski definition) is 4. The van der Waals surface area contributed by atoms with Gasteiger partial charge in [0.05, 0.1) is 0 Å². The maximum Gasteiger partial charge on any atom is 0.130 e. The molecule has 2 heterocycles. The molecule has 0 amide bonds. The predicted octanol–water partition coefficient (Wildman–Crippen LogP) is 2.90. The van der Waals surface area contributed by atoms with Crippen LogP contribution in [0.25, 0.3) is 0 Å². The molecule has 1 aromatic rings. The average molecular weight is 251 g/mol. The van der Waals surface area contributed by atoms with Gasteiger partial charge in [-0.2, -0.15) is 11.8 Å². The van der Waals surface area contributed by atoms with Crippen LogP contribution in [0.2, 0.25) is 0 Å². The number of hydrogen-bond donors (Lipinski definition) is 1. The highest BCUT2D eigenvalue weighted by Gasteiger charge is 2.13. The molecule has 17 heavy (non-hydrogen) atoms. The van der Waals surface area contributed by atoms with Crippen molar-refractivity contribution in [3.63, 3.8) is 0 Å². The van der Waals surface area contributed by atoms with Gasteiger partial charge in [0.15, 0.2) is 0 Å². The number of anilines is 1. The van der Waals surface area contributed by atoms with Crippen LogP contribution >= 0.6 is 11.8 Å². The lowest BCUT2D eigenvalue weighted by Gasteiger charge is -2.21. The molecule has 0 aliphatic carbocycles. The van der Waals surface area contributed by atoms with Crippen LogP contribution in [-0.2, 0) is 6.42 Å². The molecule has 0 atom stereocenters. The van der Waals surface area contributed by atoms with E-state index in [0.717, 1.165) is 36.2 Å². The summed E-state index contributed by atoms with van der Waals surface area (Å²) in [5.74, 6) is 5.38. The quantitative estimate of drug-likeness (QED) is 0.893. The lowest BCUT2D eigenvalue weighted by atomic mass is 10.0. The van der Waals surface area contributed by atoms with Crippen molar-refractivity contribution in [3.8, 4) is 0 Å². The normalized spacial score (nSPS) is 17.1. The van der Waals surface area contributed by atoms with E-state index in [1.54, 1.807) is 0 Å². The topological polar surface area (TPSA) is 37.8 Å². The van der Waals surface area contributed by atoms with E-state index in [1.807, 2.05) is 13.0 Å². The number of aryl methyl sites for hydroxylation is 2. The van der Waals surface area contributed by atoms with Gasteiger partial charge in [0.1, 0.15) is 11.6 Å². The Morgan fingerprint density at radius 1 is 1.35 bits per heavy atom. The van der Waals surface area contributed by atoms with E-state index in [1.165, 1.54) is 24.3 Å². The molecule has 0 spiro atoms. The minimum absolute atomic E-state index is 0.816. The number of nitrogens with zero attached hydrogens (tertiary/aromatic N) is 2. The van der Waals surface area contributed by atoms with E-state index in [9.17, 15) is 0 Å². The first-order chi connectivity index (χ1) is 8.28. The van der Waals surface area contributed by atoms with Crippen molar-refractivity contribution >= 4 is 17.6 Å². The molecule has 2 rings (SSSR count). The molecule has 0 saturated carbocycles. The summed E-state index contributed by atoms with van der Waals surface area (Å²) < 4.78 is 0. The first-order valence-corrected chi connectivity index (χ1v) is 7.59. The molecule has 1 aromatic heterocycles. The van der Waals surface area contributed by atoms with Gasteiger partial charge in [0, 0.05) is 24.7 Å². The lowest BCUT2D eigenvalue weighted by molar-refractivity contribution is 0.515. The van der Waals surface area contributed by atoms with Gasteiger partial charge in [0.2, 0.25) is 0 Å². The third-order valence-electron chi connectivity index (χ3n) is 3.13. The Balaban J connectivity index is 1.91. The van der Waals surface area contributed by atoms with Gasteiger partial charge in [-0.15, -0.1) is 0 Å². The highest BCUT2D eigenvalue weighted by atomic mass is 32.2. The number of nitrogens with one attached hydrogen (secondary N) is 1. The fourth-order valence-electron chi connectivity index (χ4n) is 2.08. The predicted molar refractivity (Wildman–Crippen MR) is 74.7 cm³/mol. The van der Waals surface area contributed by atoms with E-state index < -0.39 is 0 Å². The minimum atomic E-state index is 0.816. The number of rotatable bonds is 4. The molecule has 0 radical (unpaired) electrons. The van der Waals surface area contributed by atoms with E-state index >= 15 is 0 Å². The molecule has 1 aliphatic heterocycles. The molecule has 1 fully saturated rings. The summed E-state index contributed by atoms with van der Waals surface area (Å²) in [5.41, 5.74) is 1.05. The monoisotopic (exact) mass is 251 g/mol. The Kier molecular flexibility index (Phi) is 4.66. The molecule has 3 nitrogen and oxygen atoms in total. The zero-order valence-corrected chi connectivity index (χ0v) is 11.5. The lowest BCUT2D eigenvalue weighted by Crippen LogP contribution is -2.20. The summed E-state index contributed by atoms with van der Waals surface area (Å²) in [5, 5.41) is 3.47. The van der Waals surface area contributed by atoms with Gasteiger partial charge < -0.3 is 5.32 Å². The number of aromatic nitrogens is 2. The van der Waals surface area contributed by atoms with Crippen molar-refractivity contribution < 1.29 is 0 Å². The maximum atomic E-state index is 4.51. The van der Waals surface area contributed by atoms with E-state index in [2.05, 4.69) is 34.0 Å². The molecule has 0 bridgehead atoms. The van der Waals surface area contributed by atoms with Crippen LogP contribution in [0.4, 0.5) is 5.82 Å². The van der Waals surface area contributed by atoms with Crippen LogP contribution in [0, 0.1) is 12.8 Å². The summed E-state index contributed by atoms with van der Waals surface area (Å²) in [6, 6.07) is 2.04. The van der Waals surface area contributed by atoms with Gasteiger partial charge >= 0.3 is 0 Å². The Hall–Kier alpha value is -0.770. The second kappa shape index (κ2) is 6.24. The molecule has 1 N–H and O–H groups in total. The molecule has 94 valence electrons. The molecule has 0 unspecified atom stereocenters. The largest absolute Gasteiger partial charge is 0.370 e. The smallest absolute Gasteiger partial charge is 0.130 e. The zero-order chi connectivity index (χ0) is 12.1. The molecular weight excluding hydrogens is 230 g/mol. The first kappa shape index (κ1) is 12.7. The van der Waals surface area contributed by atoms with Crippen LogP contribution in [-0.4, -0.2) is 28.0 Å². The standard InChI is InChI=1S/C13H21N3S/c1-3-12-15-10(2)8-13(16-12)14-9-11-4-6-17-7-5-11/h8,11H,3-7,9H2,1-2H3,(H,14,15,16). The van der Waals surface area contributed by atoms with Crippen LogP contribution < -0.4 is 5.32 Å². The average Bonchev–Trinajstić information content (AvgIpc) is 2.37. The van der Waals surface area contributed by atoms with Crippen LogP contribution in [0.1, 0.15) is 31.3 Å². The fourth-order valence-corrected chi connectivity index (χ4v) is 3.28. The molecular formula is C13H21N3S.